The zero-order valence-electron chi connectivity index (χ0n) is 30.9. The summed E-state index contributed by atoms with van der Waals surface area (Å²) in [7, 11) is 0. The lowest BCUT2D eigenvalue weighted by molar-refractivity contribution is 0.390. The van der Waals surface area contributed by atoms with E-state index in [2.05, 4.69) is 38.1 Å². The summed E-state index contributed by atoms with van der Waals surface area (Å²) < 4.78 is 0. The molecule has 4 nitrogen and oxygen atoms in total. The Balaban J connectivity index is 1.44. The first kappa shape index (κ1) is 39.8. The predicted molar refractivity (Wildman–Crippen MR) is 209 cm³/mol. The lowest BCUT2D eigenvalue weighted by Gasteiger charge is -2.25. The van der Waals surface area contributed by atoms with Gasteiger partial charge < -0.3 is 10.2 Å². The molecule has 2 aromatic carbocycles. The summed E-state index contributed by atoms with van der Waals surface area (Å²) in [6, 6.07) is 12.2. The molecule has 1 aliphatic rings. The fourth-order valence-corrected chi connectivity index (χ4v) is 7.15. The minimum atomic E-state index is 0.0944. The number of benzene rings is 2. The van der Waals surface area contributed by atoms with Crippen LogP contribution in [0.4, 0.5) is 0 Å². The van der Waals surface area contributed by atoms with E-state index in [4.69, 9.17) is 9.98 Å². The molecule has 0 saturated heterocycles. The van der Waals surface area contributed by atoms with Crippen LogP contribution in [-0.2, 0) is 12.8 Å². The fourth-order valence-electron chi connectivity index (χ4n) is 7.15. The van der Waals surface area contributed by atoms with E-state index in [-0.39, 0.29) is 12.1 Å². The number of aryl methyl sites for hydroxylation is 2. The number of hydrogen-bond donors (Lipinski definition) is 2. The number of rotatable bonds is 26. The Morgan fingerprint density at radius 3 is 1.19 bits per heavy atom. The molecule has 0 radical (unpaired) electrons. The zero-order chi connectivity index (χ0) is 34.1. The number of phenolic OH excluding ortho intramolecular Hbond substituents is 2. The summed E-state index contributed by atoms with van der Waals surface area (Å²) in [6.07, 6.45) is 37.0. The van der Waals surface area contributed by atoms with Gasteiger partial charge in [-0.3, -0.25) is 9.98 Å². The SMILES string of the molecule is CCCCCCCCCCCCc1ccc(O)c(C=N[C@@H]2CCCC[C@H]2N=Cc2cc(CCCCCCCCCCCC)ccc2O)c1. The molecule has 0 unspecified atom stereocenters. The van der Waals surface area contributed by atoms with Gasteiger partial charge in [0.25, 0.3) is 0 Å². The Bertz CT molecular complexity index is 1080. The lowest BCUT2D eigenvalue weighted by Crippen LogP contribution is -2.27. The molecule has 0 spiro atoms. The molecule has 268 valence electrons. The number of phenols is 2. The maximum Gasteiger partial charge on any atom is 0.124 e. The van der Waals surface area contributed by atoms with Gasteiger partial charge in [-0.15, -0.1) is 0 Å². The number of aliphatic imine (C=N–C) groups is 2. The molecule has 2 aromatic rings. The molecule has 2 atom stereocenters. The molecule has 0 heterocycles. The van der Waals surface area contributed by atoms with Gasteiger partial charge in [-0.2, -0.15) is 0 Å². The van der Waals surface area contributed by atoms with Crippen LogP contribution >= 0.6 is 0 Å². The van der Waals surface area contributed by atoms with E-state index in [9.17, 15) is 10.2 Å². The van der Waals surface area contributed by atoms with Crippen molar-refractivity contribution in [3.63, 3.8) is 0 Å². The monoisotopic (exact) mass is 659 g/mol. The molecular formula is C44H70N2O2. The average molecular weight is 659 g/mol. The van der Waals surface area contributed by atoms with Crippen LogP contribution in [0.25, 0.3) is 0 Å². The van der Waals surface area contributed by atoms with Gasteiger partial charge >= 0.3 is 0 Å². The van der Waals surface area contributed by atoms with E-state index < -0.39 is 0 Å². The van der Waals surface area contributed by atoms with Crippen LogP contribution in [-0.4, -0.2) is 34.7 Å². The molecule has 1 saturated carbocycles. The number of unbranched alkanes of at least 4 members (excludes halogenated alkanes) is 18. The zero-order valence-corrected chi connectivity index (χ0v) is 30.9. The van der Waals surface area contributed by atoms with Crippen LogP contribution in [0.5, 0.6) is 11.5 Å². The molecule has 48 heavy (non-hydrogen) atoms. The van der Waals surface area contributed by atoms with E-state index in [1.54, 1.807) is 0 Å². The molecule has 1 aliphatic carbocycles. The van der Waals surface area contributed by atoms with E-state index in [1.807, 2.05) is 24.6 Å². The summed E-state index contributed by atoms with van der Waals surface area (Å²) >= 11 is 0. The van der Waals surface area contributed by atoms with E-state index in [1.165, 1.54) is 140 Å². The van der Waals surface area contributed by atoms with Crippen LogP contribution in [0.1, 0.15) is 190 Å². The minimum Gasteiger partial charge on any atom is -0.507 e. The largest absolute Gasteiger partial charge is 0.507 e. The Morgan fingerprint density at radius 1 is 0.500 bits per heavy atom. The Hall–Kier alpha value is -2.62. The summed E-state index contributed by atoms with van der Waals surface area (Å²) in [5, 5.41) is 21.2. The lowest BCUT2D eigenvalue weighted by atomic mass is 9.91. The first-order chi connectivity index (χ1) is 23.6. The number of aromatic hydroxyl groups is 2. The van der Waals surface area contributed by atoms with Gasteiger partial charge in [0.2, 0.25) is 0 Å². The Morgan fingerprint density at radius 2 is 0.833 bits per heavy atom. The van der Waals surface area contributed by atoms with Gasteiger partial charge in [0.05, 0.1) is 12.1 Å². The van der Waals surface area contributed by atoms with Crippen molar-refractivity contribution in [1.82, 2.24) is 0 Å². The summed E-state index contributed by atoms with van der Waals surface area (Å²) in [5.74, 6) is 0.594. The molecule has 0 aromatic heterocycles. The molecule has 0 aliphatic heterocycles. The van der Waals surface area contributed by atoms with Crippen molar-refractivity contribution in [2.24, 2.45) is 9.98 Å². The van der Waals surface area contributed by atoms with Gasteiger partial charge in [0, 0.05) is 23.6 Å². The van der Waals surface area contributed by atoms with Crippen molar-refractivity contribution in [1.29, 1.82) is 0 Å². The summed E-state index contributed by atoms with van der Waals surface area (Å²) in [4.78, 5) is 9.95. The molecule has 1 fully saturated rings. The number of nitrogens with zero attached hydrogens (tertiary/aromatic N) is 2. The van der Waals surface area contributed by atoms with Crippen molar-refractivity contribution in [2.45, 2.75) is 193 Å². The van der Waals surface area contributed by atoms with Crippen molar-refractivity contribution >= 4 is 12.4 Å². The fraction of sp³-hybridized carbons (Fsp3) is 0.682. The number of hydrogen-bond acceptors (Lipinski definition) is 4. The highest BCUT2D eigenvalue weighted by atomic mass is 16.3. The third-order valence-electron chi connectivity index (χ3n) is 10.3. The smallest absolute Gasteiger partial charge is 0.124 e. The first-order valence-electron chi connectivity index (χ1n) is 20.3. The maximum atomic E-state index is 10.6. The summed E-state index contributed by atoms with van der Waals surface area (Å²) in [5.41, 5.74) is 4.18. The maximum absolute atomic E-state index is 10.6. The quantitative estimate of drug-likeness (QED) is 0.0780. The molecule has 3 rings (SSSR count). The molecule has 0 bridgehead atoms. The molecule has 0 amide bonds. The van der Waals surface area contributed by atoms with Crippen LogP contribution in [0.3, 0.4) is 0 Å². The highest BCUT2D eigenvalue weighted by Gasteiger charge is 2.23. The standard InChI is InChI=1S/C44H70N2O2/c1-3-5-7-9-11-13-15-17-19-21-25-37-29-31-43(47)39(33-37)35-45-41-27-23-24-28-42(41)46-36-40-34-38(30-32-44(40)48)26-22-20-18-16-14-12-10-8-6-4-2/h29-36,41-42,47-48H,3-28H2,1-2H3/t41-,42-/m1/s1. The molecular weight excluding hydrogens is 588 g/mol. The van der Waals surface area contributed by atoms with Gasteiger partial charge in [0.15, 0.2) is 0 Å². The van der Waals surface area contributed by atoms with Gasteiger partial charge in [0.1, 0.15) is 11.5 Å². The Labute approximate surface area is 295 Å². The minimum absolute atomic E-state index is 0.0944. The van der Waals surface area contributed by atoms with E-state index in [0.29, 0.717) is 11.5 Å². The topological polar surface area (TPSA) is 65.2 Å². The van der Waals surface area contributed by atoms with E-state index in [0.717, 1.165) is 49.7 Å². The van der Waals surface area contributed by atoms with E-state index >= 15 is 0 Å². The third kappa shape index (κ3) is 16.7. The average Bonchev–Trinajstić information content (AvgIpc) is 3.10. The molecule has 2 N–H and O–H groups in total. The van der Waals surface area contributed by atoms with Crippen LogP contribution in [0.15, 0.2) is 46.4 Å². The van der Waals surface area contributed by atoms with Crippen molar-refractivity contribution < 1.29 is 10.2 Å². The highest BCUT2D eigenvalue weighted by Crippen LogP contribution is 2.26. The van der Waals surface area contributed by atoms with Crippen molar-refractivity contribution in [3.8, 4) is 11.5 Å². The third-order valence-corrected chi connectivity index (χ3v) is 10.3. The van der Waals surface area contributed by atoms with Crippen LogP contribution in [0, 0.1) is 0 Å². The second-order valence-electron chi connectivity index (χ2n) is 14.6. The van der Waals surface area contributed by atoms with Crippen molar-refractivity contribution in [2.75, 3.05) is 0 Å². The highest BCUT2D eigenvalue weighted by molar-refractivity contribution is 5.84. The predicted octanol–water partition coefficient (Wildman–Crippen LogP) is 12.9. The normalized spacial score (nSPS) is 16.8. The summed E-state index contributed by atoms with van der Waals surface area (Å²) in [6.45, 7) is 4.56. The van der Waals surface area contributed by atoms with Crippen LogP contribution in [0.2, 0.25) is 0 Å². The second-order valence-corrected chi connectivity index (χ2v) is 14.6. The van der Waals surface area contributed by atoms with Gasteiger partial charge in [-0.1, -0.05) is 154 Å². The van der Waals surface area contributed by atoms with Gasteiger partial charge in [-0.25, -0.2) is 0 Å². The molecule has 4 heteroatoms. The first-order valence-corrected chi connectivity index (χ1v) is 20.3. The van der Waals surface area contributed by atoms with Crippen molar-refractivity contribution in [3.05, 3.63) is 58.7 Å². The van der Waals surface area contributed by atoms with Crippen LogP contribution < -0.4 is 0 Å². The van der Waals surface area contributed by atoms with Gasteiger partial charge in [-0.05, 0) is 73.9 Å². The Kier molecular flexibility index (Phi) is 21.0. The second kappa shape index (κ2) is 25.4.